The number of esters is 1. The lowest BCUT2D eigenvalue weighted by Gasteiger charge is -2.08. The number of halogens is 1. The van der Waals surface area contributed by atoms with E-state index in [4.69, 9.17) is 9.47 Å². The fourth-order valence-corrected chi connectivity index (χ4v) is 2.35. The summed E-state index contributed by atoms with van der Waals surface area (Å²) in [5.74, 6) is -1.24. The molecular weight excluding hydrogens is 416 g/mol. The lowest BCUT2D eigenvalue weighted by Crippen LogP contribution is -2.43. The van der Waals surface area contributed by atoms with Gasteiger partial charge in [0.1, 0.15) is 5.75 Å². The molecule has 0 saturated heterocycles. The molecule has 0 bridgehead atoms. The number of hydrogen-bond donors (Lipinski definition) is 2. The second-order valence-corrected chi connectivity index (χ2v) is 6.14. The summed E-state index contributed by atoms with van der Waals surface area (Å²) in [6, 6.07) is 13.7. The molecule has 0 heterocycles. The van der Waals surface area contributed by atoms with Gasteiger partial charge >= 0.3 is 5.97 Å². The van der Waals surface area contributed by atoms with Gasteiger partial charge in [-0.25, -0.2) is 4.79 Å². The van der Waals surface area contributed by atoms with Crippen LogP contribution in [0.1, 0.15) is 15.9 Å². The number of ether oxygens (including phenoxy) is 2. The zero-order valence-corrected chi connectivity index (χ0v) is 16.0. The molecule has 7 nitrogen and oxygen atoms in total. The van der Waals surface area contributed by atoms with Crippen molar-refractivity contribution in [1.29, 1.82) is 0 Å². The maximum atomic E-state index is 11.9. The summed E-state index contributed by atoms with van der Waals surface area (Å²) in [6.07, 6.45) is 2.78. The van der Waals surface area contributed by atoms with E-state index < -0.39 is 24.4 Å². The van der Waals surface area contributed by atoms with E-state index >= 15 is 0 Å². The van der Waals surface area contributed by atoms with Crippen LogP contribution in [0.25, 0.3) is 6.08 Å². The highest BCUT2D eigenvalue weighted by atomic mass is 79.9. The zero-order valence-electron chi connectivity index (χ0n) is 14.4. The number of methoxy groups -OCH3 is 1. The SMILES string of the molecule is COc1ccc(C(=O)NNC(=O)COC(=O)/C=C/c2cccc(Br)c2)cc1. The van der Waals surface area contributed by atoms with E-state index in [0.29, 0.717) is 11.3 Å². The molecule has 0 aliphatic rings. The van der Waals surface area contributed by atoms with Gasteiger partial charge in [-0.05, 0) is 48.0 Å². The van der Waals surface area contributed by atoms with E-state index in [1.807, 2.05) is 24.3 Å². The third-order valence-electron chi connectivity index (χ3n) is 3.27. The monoisotopic (exact) mass is 432 g/mol. The normalized spacial score (nSPS) is 10.3. The third kappa shape index (κ3) is 6.95. The molecular formula is C19H17BrN2O5. The largest absolute Gasteiger partial charge is 0.497 e. The number of amides is 2. The Morgan fingerprint density at radius 3 is 2.48 bits per heavy atom. The summed E-state index contributed by atoms with van der Waals surface area (Å²) >= 11 is 3.33. The first-order chi connectivity index (χ1) is 13.0. The molecule has 0 atom stereocenters. The Kier molecular flexibility index (Phi) is 7.57. The molecule has 0 fully saturated rings. The fourth-order valence-electron chi connectivity index (χ4n) is 1.94. The predicted molar refractivity (Wildman–Crippen MR) is 103 cm³/mol. The zero-order chi connectivity index (χ0) is 19.6. The molecule has 140 valence electrons. The number of rotatable bonds is 6. The Balaban J connectivity index is 1.73. The van der Waals surface area contributed by atoms with E-state index in [-0.39, 0.29) is 0 Å². The van der Waals surface area contributed by atoms with Crippen LogP contribution in [0.5, 0.6) is 5.75 Å². The van der Waals surface area contributed by atoms with Crippen molar-refractivity contribution in [2.75, 3.05) is 13.7 Å². The number of benzene rings is 2. The Morgan fingerprint density at radius 1 is 1.07 bits per heavy atom. The van der Waals surface area contributed by atoms with Crippen LogP contribution in [-0.2, 0) is 14.3 Å². The molecule has 0 unspecified atom stereocenters. The molecule has 0 aliphatic carbocycles. The highest BCUT2D eigenvalue weighted by Gasteiger charge is 2.09. The van der Waals surface area contributed by atoms with E-state index in [0.717, 1.165) is 10.0 Å². The van der Waals surface area contributed by atoms with E-state index in [9.17, 15) is 14.4 Å². The second kappa shape index (κ2) is 10.1. The fraction of sp³-hybridized carbons (Fsp3) is 0.105. The number of nitrogens with one attached hydrogen (secondary N) is 2. The van der Waals surface area contributed by atoms with Crippen molar-refractivity contribution in [3.63, 3.8) is 0 Å². The van der Waals surface area contributed by atoms with Crippen LogP contribution in [0.15, 0.2) is 59.1 Å². The van der Waals surface area contributed by atoms with Gasteiger partial charge in [-0.15, -0.1) is 0 Å². The molecule has 2 aromatic rings. The van der Waals surface area contributed by atoms with E-state index in [2.05, 4.69) is 26.8 Å². The van der Waals surface area contributed by atoms with Crippen LogP contribution in [0.3, 0.4) is 0 Å². The van der Waals surface area contributed by atoms with Crippen LogP contribution >= 0.6 is 15.9 Å². The molecule has 2 rings (SSSR count). The predicted octanol–water partition coefficient (Wildman–Crippen LogP) is 2.48. The van der Waals surface area contributed by atoms with Crippen molar-refractivity contribution in [2.24, 2.45) is 0 Å². The highest BCUT2D eigenvalue weighted by molar-refractivity contribution is 9.10. The van der Waals surface area contributed by atoms with Gasteiger partial charge in [-0.1, -0.05) is 28.1 Å². The molecule has 2 N–H and O–H groups in total. The Morgan fingerprint density at radius 2 is 1.81 bits per heavy atom. The average Bonchev–Trinajstić information content (AvgIpc) is 2.69. The van der Waals surface area contributed by atoms with Crippen molar-refractivity contribution >= 4 is 39.8 Å². The minimum absolute atomic E-state index is 0.338. The minimum Gasteiger partial charge on any atom is -0.497 e. The Hall–Kier alpha value is -3.13. The summed E-state index contributed by atoms with van der Waals surface area (Å²) in [5, 5.41) is 0. The van der Waals surface area contributed by atoms with Gasteiger partial charge < -0.3 is 9.47 Å². The molecule has 0 saturated carbocycles. The summed E-state index contributed by atoms with van der Waals surface area (Å²) < 4.78 is 10.7. The van der Waals surface area contributed by atoms with Crippen LogP contribution in [-0.4, -0.2) is 31.5 Å². The summed E-state index contributed by atoms with van der Waals surface area (Å²) in [6.45, 7) is -0.523. The summed E-state index contributed by atoms with van der Waals surface area (Å²) in [5.41, 5.74) is 5.54. The molecule has 2 aromatic carbocycles. The lowest BCUT2D eigenvalue weighted by atomic mass is 10.2. The van der Waals surface area contributed by atoms with E-state index in [1.165, 1.54) is 13.2 Å². The van der Waals surface area contributed by atoms with Gasteiger partial charge in [0.15, 0.2) is 6.61 Å². The molecule has 0 radical (unpaired) electrons. The highest BCUT2D eigenvalue weighted by Crippen LogP contribution is 2.13. The topological polar surface area (TPSA) is 93.7 Å². The minimum atomic E-state index is -0.674. The van der Waals surface area contributed by atoms with Crippen molar-refractivity contribution in [3.8, 4) is 5.75 Å². The molecule has 0 spiro atoms. The summed E-state index contributed by atoms with van der Waals surface area (Å²) in [7, 11) is 1.52. The number of carbonyl (C=O) groups is 3. The van der Waals surface area contributed by atoms with Crippen LogP contribution in [0, 0.1) is 0 Å². The van der Waals surface area contributed by atoms with Crippen LogP contribution in [0.4, 0.5) is 0 Å². The second-order valence-electron chi connectivity index (χ2n) is 5.23. The maximum Gasteiger partial charge on any atom is 0.331 e. The number of carbonyl (C=O) groups excluding carboxylic acids is 3. The smallest absolute Gasteiger partial charge is 0.331 e. The third-order valence-corrected chi connectivity index (χ3v) is 3.77. The molecule has 0 aliphatic heterocycles. The summed E-state index contributed by atoms with van der Waals surface area (Å²) in [4.78, 5) is 35.2. The maximum absolute atomic E-state index is 11.9. The van der Waals surface area contributed by atoms with E-state index in [1.54, 1.807) is 30.3 Å². The van der Waals surface area contributed by atoms with Gasteiger partial charge in [-0.3, -0.25) is 20.4 Å². The lowest BCUT2D eigenvalue weighted by molar-refractivity contribution is -0.144. The first kappa shape index (κ1) is 20.2. The van der Waals surface area contributed by atoms with Gasteiger partial charge in [0.25, 0.3) is 11.8 Å². The van der Waals surface area contributed by atoms with Crippen LogP contribution < -0.4 is 15.6 Å². The Labute approximate surface area is 164 Å². The molecule has 2 amide bonds. The van der Waals surface area contributed by atoms with Crippen molar-refractivity contribution < 1.29 is 23.9 Å². The van der Waals surface area contributed by atoms with Crippen LogP contribution in [0.2, 0.25) is 0 Å². The molecule has 27 heavy (non-hydrogen) atoms. The van der Waals surface area contributed by atoms with Gasteiger partial charge in [0.05, 0.1) is 7.11 Å². The first-order valence-electron chi connectivity index (χ1n) is 7.81. The molecule has 0 aromatic heterocycles. The van der Waals surface area contributed by atoms with Crippen molar-refractivity contribution in [2.45, 2.75) is 0 Å². The van der Waals surface area contributed by atoms with Gasteiger partial charge in [0.2, 0.25) is 0 Å². The Bertz CT molecular complexity index is 849. The number of hydrazine groups is 1. The van der Waals surface area contributed by atoms with Crippen molar-refractivity contribution in [1.82, 2.24) is 10.9 Å². The van der Waals surface area contributed by atoms with Gasteiger partial charge in [0, 0.05) is 16.1 Å². The quantitative estimate of drug-likeness (QED) is 0.415. The molecule has 8 heteroatoms. The number of hydrogen-bond acceptors (Lipinski definition) is 5. The average molecular weight is 433 g/mol. The first-order valence-corrected chi connectivity index (χ1v) is 8.61. The van der Waals surface area contributed by atoms with Gasteiger partial charge in [-0.2, -0.15) is 0 Å². The standard InChI is InChI=1S/C19H17BrN2O5/c1-26-16-8-6-14(7-9-16)19(25)22-21-17(23)12-27-18(24)10-5-13-3-2-4-15(20)11-13/h2-11H,12H2,1H3,(H,21,23)(H,22,25)/b10-5+. The van der Waals surface area contributed by atoms with Crippen molar-refractivity contribution in [3.05, 3.63) is 70.2 Å².